The summed E-state index contributed by atoms with van der Waals surface area (Å²) >= 11 is 0. The minimum Gasteiger partial charge on any atom is -0.194 e. The zero-order chi connectivity index (χ0) is 21.8. The number of nitrogens with zero attached hydrogens (tertiary/aromatic N) is 1. The van der Waals surface area contributed by atoms with E-state index >= 15 is 0 Å². The van der Waals surface area contributed by atoms with Gasteiger partial charge in [-0.25, -0.2) is 0 Å². The van der Waals surface area contributed by atoms with Crippen molar-refractivity contribution >= 4 is 21.7 Å². The average molecular weight is 358 g/mol. The Morgan fingerprint density at radius 1 is 0.852 bits per heavy atom. The van der Waals surface area contributed by atoms with Crippen LogP contribution in [0.3, 0.4) is 0 Å². The van der Waals surface area contributed by atoms with Crippen LogP contribution < -0.4 is 4.57 Å². The van der Waals surface area contributed by atoms with Gasteiger partial charge in [-0.2, -0.15) is 4.57 Å². The Kier molecular flexibility index (Phi) is 3.30. The van der Waals surface area contributed by atoms with Crippen molar-refractivity contribution in [2.24, 2.45) is 7.05 Å². The second-order valence-corrected chi connectivity index (χ2v) is 8.41. The number of pyridine rings is 1. The highest BCUT2D eigenvalue weighted by atomic mass is 14.9. The fourth-order valence-corrected chi connectivity index (χ4v) is 4.10. The summed E-state index contributed by atoms with van der Waals surface area (Å²) in [5.74, 6) is 0. The molecule has 0 N–H and O–H groups in total. The first-order chi connectivity index (χ1) is 14.0. The lowest BCUT2D eigenvalue weighted by atomic mass is 9.80. The fraction of sp³-hybridized carbons (Fsp3) is 0.269. The van der Waals surface area contributed by atoms with Crippen LogP contribution in [0.15, 0.2) is 60.7 Å². The molecule has 0 bridgehead atoms. The van der Waals surface area contributed by atoms with Crippen LogP contribution in [-0.2, 0) is 12.5 Å². The van der Waals surface area contributed by atoms with Crippen molar-refractivity contribution < 1.29 is 8.68 Å². The highest BCUT2D eigenvalue weighted by Crippen LogP contribution is 2.37. The Hall–Kier alpha value is -2.67. The molecule has 3 aromatic carbocycles. The summed E-state index contributed by atoms with van der Waals surface area (Å²) < 4.78 is 25.8. The normalized spacial score (nSPS) is 14.2. The van der Waals surface area contributed by atoms with E-state index in [1.54, 1.807) is 6.07 Å². The maximum Gasteiger partial charge on any atom is 0.213 e. The third kappa shape index (κ3) is 2.82. The summed E-state index contributed by atoms with van der Waals surface area (Å²) in [6.45, 7) is 6.78. The van der Waals surface area contributed by atoms with Crippen LogP contribution in [0, 0.1) is 13.8 Å². The number of fused-ring (bicyclic) bond motifs is 2. The molecule has 4 rings (SSSR count). The van der Waals surface area contributed by atoms with E-state index in [0.29, 0.717) is 5.56 Å². The topological polar surface area (TPSA) is 3.88 Å². The second kappa shape index (κ2) is 6.20. The van der Waals surface area contributed by atoms with Crippen molar-refractivity contribution in [2.75, 3.05) is 0 Å². The van der Waals surface area contributed by atoms with E-state index in [9.17, 15) is 0 Å². The Labute approximate surface area is 166 Å². The first-order valence-electron chi connectivity index (χ1n) is 11.0. The van der Waals surface area contributed by atoms with Crippen LogP contribution in [-0.4, -0.2) is 0 Å². The summed E-state index contributed by atoms with van der Waals surface area (Å²) in [6.07, 6.45) is 0. The summed E-state index contributed by atoms with van der Waals surface area (Å²) in [5, 5.41) is 3.33. The van der Waals surface area contributed by atoms with Gasteiger partial charge in [-0.05, 0) is 58.8 Å². The monoisotopic (exact) mass is 357 g/mol. The molecule has 0 saturated carbocycles. The lowest BCUT2D eigenvalue weighted by Gasteiger charge is -2.24. The van der Waals surface area contributed by atoms with Gasteiger partial charge in [-0.1, -0.05) is 57.2 Å². The summed E-state index contributed by atoms with van der Waals surface area (Å²) in [7, 11) is 2.02. The highest BCUT2D eigenvalue weighted by Gasteiger charge is 2.23. The molecule has 1 aromatic heterocycles. The molecule has 1 heteroatoms. The largest absolute Gasteiger partial charge is 0.213 e. The van der Waals surface area contributed by atoms with Gasteiger partial charge in [0.1, 0.15) is 7.05 Å². The van der Waals surface area contributed by atoms with E-state index in [-0.39, 0.29) is 5.41 Å². The molecule has 136 valence electrons. The molecular formula is C26H28N+. The number of benzene rings is 3. The van der Waals surface area contributed by atoms with Gasteiger partial charge in [-0.3, -0.25) is 0 Å². The maximum absolute atomic E-state index is 7.89. The third-order valence-corrected chi connectivity index (χ3v) is 5.61. The molecule has 0 unspecified atom stereocenters. The lowest BCUT2D eigenvalue weighted by molar-refractivity contribution is -0.633. The quantitative estimate of drug-likeness (QED) is 0.347. The number of hydrogen-bond donors (Lipinski definition) is 0. The molecule has 0 atom stereocenters. The van der Waals surface area contributed by atoms with E-state index in [4.69, 9.17) is 4.11 Å². The molecular weight excluding hydrogens is 326 g/mol. The Bertz CT molecular complexity index is 1280. The minimum absolute atomic E-state index is 0.00586. The number of rotatable bonds is 1. The molecule has 0 aliphatic heterocycles. The summed E-state index contributed by atoms with van der Waals surface area (Å²) in [5.41, 5.74) is 6.14. The number of aryl methyl sites for hydroxylation is 3. The summed E-state index contributed by atoms with van der Waals surface area (Å²) in [4.78, 5) is 0. The van der Waals surface area contributed by atoms with Crippen molar-refractivity contribution in [2.45, 2.75) is 40.0 Å². The van der Waals surface area contributed by atoms with Gasteiger partial charge in [0.25, 0.3) is 0 Å². The standard InChI is InChI=1S/C26H28N/c1-17-10-9-13-24-19(17)14-15-25(27(24)6)22-16-23(26(3,4)5)21-12-8-7-11-20(21)18(22)2/h7-16H,1-6H3/q+1/i1D3. The Morgan fingerprint density at radius 2 is 1.59 bits per heavy atom. The SMILES string of the molecule is [2H]C([2H])([2H])c1cccc2c1ccc(-c1cc(C(C)(C)C)c3ccccc3c1C)[n+]2C. The van der Waals surface area contributed by atoms with Gasteiger partial charge in [0, 0.05) is 27.2 Å². The zero-order valence-corrected chi connectivity index (χ0v) is 16.7. The Balaban J connectivity index is 2.06. The van der Waals surface area contributed by atoms with E-state index in [1.165, 1.54) is 27.5 Å². The van der Waals surface area contributed by atoms with Crippen LogP contribution in [0.5, 0.6) is 0 Å². The van der Waals surface area contributed by atoms with Crippen LogP contribution in [0.2, 0.25) is 0 Å². The number of hydrogen-bond acceptors (Lipinski definition) is 0. The molecule has 0 amide bonds. The van der Waals surface area contributed by atoms with Gasteiger partial charge < -0.3 is 0 Å². The second-order valence-electron chi connectivity index (χ2n) is 8.41. The first-order valence-corrected chi connectivity index (χ1v) is 9.45. The number of aromatic nitrogens is 1. The molecule has 0 saturated heterocycles. The van der Waals surface area contributed by atoms with Crippen molar-refractivity contribution in [1.82, 2.24) is 0 Å². The predicted molar refractivity (Wildman–Crippen MR) is 116 cm³/mol. The first kappa shape index (κ1) is 14.4. The van der Waals surface area contributed by atoms with E-state index in [1.807, 2.05) is 25.2 Å². The smallest absolute Gasteiger partial charge is 0.194 e. The highest BCUT2D eigenvalue weighted by molar-refractivity contribution is 5.94. The predicted octanol–water partition coefficient (Wildman–Crippen LogP) is 6.40. The molecule has 1 nitrogen and oxygen atoms in total. The van der Waals surface area contributed by atoms with Crippen LogP contribution in [0.4, 0.5) is 0 Å². The van der Waals surface area contributed by atoms with Gasteiger partial charge in [0.05, 0.1) is 0 Å². The average Bonchev–Trinajstić information content (AvgIpc) is 2.67. The van der Waals surface area contributed by atoms with Crippen molar-refractivity contribution in [3.05, 3.63) is 77.4 Å². The van der Waals surface area contributed by atoms with Crippen LogP contribution in [0.1, 0.15) is 41.6 Å². The molecule has 0 radical (unpaired) electrons. The summed E-state index contributed by atoms with van der Waals surface area (Å²) in [6, 6.07) is 20.4. The molecule has 0 spiro atoms. The van der Waals surface area contributed by atoms with E-state index in [2.05, 4.69) is 68.7 Å². The molecule has 0 fully saturated rings. The van der Waals surface area contributed by atoms with Gasteiger partial charge in [0.15, 0.2) is 0 Å². The molecule has 0 aliphatic carbocycles. The van der Waals surface area contributed by atoms with E-state index < -0.39 is 6.85 Å². The van der Waals surface area contributed by atoms with E-state index in [0.717, 1.165) is 16.6 Å². The zero-order valence-electron chi connectivity index (χ0n) is 19.7. The van der Waals surface area contributed by atoms with Gasteiger partial charge >= 0.3 is 0 Å². The minimum atomic E-state index is -2.13. The molecule has 27 heavy (non-hydrogen) atoms. The van der Waals surface area contributed by atoms with Crippen molar-refractivity contribution in [3.63, 3.8) is 0 Å². The fourth-order valence-electron chi connectivity index (χ4n) is 4.10. The van der Waals surface area contributed by atoms with Gasteiger partial charge in [-0.15, -0.1) is 0 Å². The third-order valence-electron chi connectivity index (χ3n) is 5.61. The Morgan fingerprint density at radius 3 is 2.30 bits per heavy atom. The van der Waals surface area contributed by atoms with Crippen molar-refractivity contribution in [3.8, 4) is 11.3 Å². The van der Waals surface area contributed by atoms with Crippen LogP contribution >= 0.6 is 0 Å². The molecule has 1 heterocycles. The van der Waals surface area contributed by atoms with Crippen molar-refractivity contribution in [1.29, 1.82) is 0 Å². The molecule has 0 aliphatic rings. The maximum atomic E-state index is 7.89. The molecule has 4 aromatic rings. The lowest BCUT2D eigenvalue weighted by Crippen LogP contribution is -2.32. The van der Waals surface area contributed by atoms with Crippen LogP contribution in [0.25, 0.3) is 32.9 Å². The van der Waals surface area contributed by atoms with Gasteiger partial charge in [0.2, 0.25) is 11.2 Å².